The largest absolute Gasteiger partial charge is 0.350 e. The van der Waals surface area contributed by atoms with E-state index in [9.17, 15) is 4.79 Å². The van der Waals surface area contributed by atoms with Crippen LogP contribution in [0.5, 0.6) is 0 Å². The summed E-state index contributed by atoms with van der Waals surface area (Å²) in [6, 6.07) is 0. The van der Waals surface area contributed by atoms with Crippen LogP contribution in [-0.4, -0.2) is 38.7 Å². The molecule has 1 N–H and O–H groups in total. The Hall–Kier alpha value is -1.96. The average molecular weight is 332 g/mol. The number of hydrogen-bond acceptors (Lipinski definition) is 6. The zero-order valence-corrected chi connectivity index (χ0v) is 14.0. The molecule has 4 heterocycles. The van der Waals surface area contributed by atoms with E-state index in [-0.39, 0.29) is 11.8 Å². The lowest BCUT2D eigenvalue weighted by atomic mass is 10.0. The first-order valence-electron chi connectivity index (χ1n) is 8.15. The van der Waals surface area contributed by atoms with Crippen molar-refractivity contribution < 1.29 is 4.79 Å². The second-order valence-electron chi connectivity index (χ2n) is 5.97. The highest BCUT2D eigenvalue weighted by atomic mass is 32.1. The number of carbonyl (C=O) groups is 1. The second-order valence-corrected chi connectivity index (χ2v) is 6.98. The smallest absolute Gasteiger partial charge is 0.221 e. The second kappa shape index (κ2) is 5.92. The topological polar surface area (TPSA) is 75.9 Å². The molecule has 0 spiro atoms. The Bertz CT molecular complexity index is 717. The Labute approximate surface area is 138 Å². The summed E-state index contributed by atoms with van der Waals surface area (Å²) < 4.78 is 1.88. The van der Waals surface area contributed by atoms with E-state index >= 15 is 0 Å². The third kappa shape index (κ3) is 2.60. The maximum Gasteiger partial charge on any atom is 0.221 e. The van der Waals surface area contributed by atoms with Crippen molar-refractivity contribution in [2.24, 2.45) is 0 Å². The third-order valence-corrected chi connectivity index (χ3v) is 5.78. The van der Waals surface area contributed by atoms with Crippen molar-refractivity contribution >= 4 is 22.4 Å². The highest BCUT2D eigenvalue weighted by Gasteiger charge is 2.32. The molecule has 23 heavy (non-hydrogen) atoms. The van der Waals surface area contributed by atoms with Crippen molar-refractivity contribution in [3.05, 3.63) is 22.7 Å². The van der Waals surface area contributed by atoms with Gasteiger partial charge in [-0.2, -0.15) is 5.10 Å². The monoisotopic (exact) mass is 332 g/mol. The SMILES string of the molecule is CCn1ncnc1C1CC(=O)NCc2nc(N3CCCC3)sc21. The van der Waals surface area contributed by atoms with Crippen molar-refractivity contribution in [3.8, 4) is 0 Å². The first kappa shape index (κ1) is 14.6. The average Bonchev–Trinajstić information content (AvgIpc) is 3.28. The zero-order chi connectivity index (χ0) is 15.8. The van der Waals surface area contributed by atoms with Crippen molar-refractivity contribution in [3.63, 3.8) is 0 Å². The van der Waals surface area contributed by atoms with E-state index in [4.69, 9.17) is 4.98 Å². The van der Waals surface area contributed by atoms with Crippen LogP contribution in [-0.2, 0) is 17.9 Å². The summed E-state index contributed by atoms with van der Waals surface area (Å²) in [5.74, 6) is 0.861. The molecular weight excluding hydrogens is 312 g/mol. The molecule has 4 rings (SSSR count). The van der Waals surface area contributed by atoms with Crippen molar-refractivity contribution in [1.82, 2.24) is 25.1 Å². The van der Waals surface area contributed by atoms with Gasteiger partial charge in [-0.1, -0.05) is 0 Å². The lowest BCUT2D eigenvalue weighted by Gasteiger charge is -2.14. The van der Waals surface area contributed by atoms with Gasteiger partial charge in [0.25, 0.3) is 0 Å². The normalized spacial score (nSPS) is 21.2. The van der Waals surface area contributed by atoms with E-state index in [0.29, 0.717) is 13.0 Å². The number of carbonyl (C=O) groups excluding carboxylic acids is 1. The zero-order valence-electron chi connectivity index (χ0n) is 13.2. The molecule has 1 unspecified atom stereocenters. The van der Waals surface area contributed by atoms with Crippen LogP contribution in [0.2, 0.25) is 0 Å². The van der Waals surface area contributed by atoms with Crippen LogP contribution in [0, 0.1) is 0 Å². The van der Waals surface area contributed by atoms with Gasteiger partial charge in [-0.3, -0.25) is 4.79 Å². The Balaban J connectivity index is 1.75. The number of nitrogens with zero attached hydrogens (tertiary/aromatic N) is 5. The Kier molecular flexibility index (Phi) is 3.76. The maximum atomic E-state index is 12.1. The third-order valence-electron chi connectivity index (χ3n) is 4.51. The van der Waals surface area contributed by atoms with E-state index in [2.05, 4.69) is 20.3 Å². The summed E-state index contributed by atoms with van der Waals surface area (Å²) in [4.78, 5) is 24.8. The molecule has 0 radical (unpaired) electrons. The summed E-state index contributed by atoms with van der Waals surface area (Å²) in [5.41, 5.74) is 0.985. The minimum absolute atomic E-state index is 0.0496. The van der Waals surface area contributed by atoms with Crippen molar-refractivity contribution in [2.75, 3.05) is 18.0 Å². The van der Waals surface area contributed by atoms with Crippen molar-refractivity contribution in [2.45, 2.75) is 45.2 Å². The van der Waals surface area contributed by atoms with Crippen LogP contribution < -0.4 is 10.2 Å². The van der Waals surface area contributed by atoms with E-state index in [1.807, 2.05) is 11.6 Å². The highest BCUT2D eigenvalue weighted by molar-refractivity contribution is 7.15. The maximum absolute atomic E-state index is 12.1. The molecule has 0 aromatic carbocycles. The predicted molar refractivity (Wildman–Crippen MR) is 87.6 cm³/mol. The van der Waals surface area contributed by atoms with Gasteiger partial charge in [0.1, 0.15) is 12.2 Å². The summed E-state index contributed by atoms with van der Waals surface area (Å²) in [6.07, 6.45) is 4.44. The molecule has 0 aliphatic carbocycles. The van der Waals surface area contributed by atoms with Gasteiger partial charge in [0.05, 0.1) is 18.2 Å². The van der Waals surface area contributed by atoms with Crippen LogP contribution in [0.1, 0.15) is 48.5 Å². The molecule has 1 saturated heterocycles. The van der Waals surface area contributed by atoms with E-state index in [1.54, 1.807) is 17.7 Å². The number of amides is 1. The number of hydrogen-bond donors (Lipinski definition) is 1. The minimum atomic E-state index is -0.0520. The molecule has 0 saturated carbocycles. The summed E-state index contributed by atoms with van der Waals surface area (Å²) >= 11 is 1.71. The first-order chi connectivity index (χ1) is 11.3. The lowest BCUT2D eigenvalue weighted by molar-refractivity contribution is -0.121. The van der Waals surface area contributed by atoms with Gasteiger partial charge in [-0.05, 0) is 19.8 Å². The van der Waals surface area contributed by atoms with Crippen LogP contribution in [0.3, 0.4) is 0 Å². The standard InChI is InChI=1S/C15H20N6OS/c1-2-21-14(17-9-18-21)10-7-12(22)16-8-11-13(10)23-15(19-11)20-5-3-4-6-20/h9-10H,2-8H2,1H3,(H,16,22). The fourth-order valence-electron chi connectivity index (χ4n) is 3.32. The van der Waals surface area contributed by atoms with E-state index in [0.717, 1.165) is 41.2 Å². The molecule has 2 aromatic heterocycles. The minimum Gasteiger partial charge on any atom is -0.350 e. The van der Waals surface area contributed by atoms with Gasteiger partial charge in [-0.25, -0.2) is 14.6 Å². The molecule has 1 atom stereocenters. The molecule has 1 fully saturated rings. The van der Waals surface area contributed by atoms with Gasteiger partial charge in [0.2, 0.25) is 5.91 Å². The molecule has 1 amide bonds. The van der Waals surface area contributed by atoms with Crippen LogP contribution in [0.4, 0.5) is 5.13 Å². The summed E-state index contributed by atoms with van der Waals surface area (Å²) in [7, 11) is 0. The predicted octanol–water partition coefficient (Wildman–Crippen LogP) is 1.51. The number of rotatable bonds is 3. The molecule has 7 nitrogen and oxygen atoms in total. The molecule has 8 heteroatoms. The highest BCUT2D eigenvalue weighted by Crippen LogP contribution is 2.39. The fraction of sp³-hybridized carbons (Fsp3) is 0.600. The van der Waals surface area contributed by atoms with Crippen LogP contribution >= 0.6 is 11.3 Å². The Morgan fingerprint density at radius 2 is 2.22 bits per heavy atom. The molecule has 2 aliphatic heterocycles. The summed E-state index contributed by atoms with van der Waals surface area (Å²) in [5, 5.41) is 8.31. The van der Waals surface area contributed by atoms with Gasteiger partial charge in [0, 0.05) is 30.9 Å². The Morgan fingerprint density at radius 1 is 1.39 bits per heavy atom. The van der Waals surface area contributed by atoms with E-state index in [1.165, 1.54) is 12.8 Å². The number of anilines is 1. The van der Waals surface area contributed by atoms with Gasteiger partial charge in [0.15, 0.2) is 5.13 Å². The first-order valence-corrected chi connectivity index (χ1v) is 8.97. The molecule has 0 bridgehead atoms. The lowest BCUT2D eigenvalue weighted by Crippen LogP contribution is -2.22. The summed E-state index contributed by atoms with van der Waals surface area (Å²) in [6.45, 7) is 5.46. The van der Waals surface area contributed by atoms with Gasteiger partial charge < -0.3 is 10.2 Å². The quantitative estimate of drug-likeness (QED) is 0.922. The number of aryl methyl sites for hydroxylation is 1. The van der Waals surface area contributed by atoms with Crippen LogP contribution in [0.15, 0.2) is 6.33 Å². The number of fused-ring (bicyclic) bond motifs is 1. The molecule has 2 aromatic rings. The van der Waals surface area contributed by atoms with Crippen LogP contribution in [0.25, 0.3) is 0 Å². The van der Waals surface area contributed by atoms with Gasteiger partial charge >= 0.3 is 0 Å². The van der Waals surface area contributed by atoms with Gasteiger partial charge in [-0.15, -0.1) is 11.3 Å². The van der Waals surface area contributed by atoms with E-state index < -0.39 is 0 Å². The molecular formula is C15H20N6OS. The fourth-order valence-corrected chi connectivity index (χ4v) is 4.55. The number of aromatic nitrogens is 4. The van der Waals surface area contributed by atoms with Crippen molar-refractivity contribution in [1.29, 1.82) is 0 Å². The molecule has 122 valence electrons. The number of thiazole rings is 1. The molecule has 2 aliphatic rings. The number of nitrogens with one attached hydrogen (secondary N) is 1. The Morgan fingerprint density at radius 3 is 3.00 bits per heavy atom.